The Labute approximate surface area is 154 Å². The van der Waals surface area contributed by atoms with Gasteiger partial charge in [0.15, 0.2) is 0 Å². The summed E-state index contributed by atoms with van der Waals surface area (Å²) in [5.41, 5.74) is 1.67. The third-order valence-electron chi connectivity index (χ3n) is 5.00. The Morgan fingerprint density at radius 1 is 1.27 bits per heavy atom. The number of nitrogens with one attached hydrogen (secondary N) is 1. The number of amides is 1. The molecule has 0 saturated carbocycles. The second-order valence-electron chi connectivity index (χ2n) is 7.01. The van der Waals surface area contributed by atoms with Crippen molar-refractivity contribution in [1.82, 2.24) is 20.0 Å². The number of aromatic amines is 1. The molecule has 1 fully saturated rings. The summed E-state index contributed by atoms with van der Waals surface area (Å²) in [4.78, 5) is 17.0. The summed E-state index contributed by atoms with van der Waals surface area (Å²) in [6, 6.07) is 6.19. The van der Waals surface area contributed by atoms with Crippen LogP contribution in [-0.2, 0) is 0 Å². The summed E-state index contributed by atoms with van der Waals surface area (Å²) >= 11 is 0. The molecular formula is C20H27FN4O. The molecule has 0 unspecified atom stereocenters. The summed E-state index contributed by atoms with van der Waals surface area (Å²) < 4.78 is 13.5. The van der Waals surface area contributed by atoms with Gasteiger partial charge in [-0.1, -0.05) is 25.0 Å². The maximum Gasteiger partial charge on any atom is 0.257 e. The summed E-state index contributed by atoms with van der Waals surface area (Å²) in [5, 5.41) is 6.82. The number of carbonyl (C=O) groups is 1. The Hall–Kier alpha value is -2.21. The number of halogens is 1. The number of benzene rings is 1. The molecule has 1 aromatic heterocycles. The van der Waals surface area contributed by atoms with Crippen LogP contribution >= 0.6 is 0 Å². The Balaban J connectivity index is 1.58. The highest BCUT2D eigenvalue weighted by Gasteiger charge is 2.19. The average Bonchev–Trinajstić information content (AvgIpc) is 2.98. The summed E-state index contributed by atoms with van der Waals surface area (Å²) in [6.45, 7) is 4.06. The highest BCUT2D eigenvalue weighted by Crippen LogP contribution is 2.23. The smallest absolute Gasteiger partial charge is 0.257 e. The molecule has 1 aliphatic heterocycles. The van der Waals surface area contributed by atoms with Gasteiger partial charge >= 0.3 is 0 Å². The van der Waals surface area contributed by atoms with Crippen molar-refractivity contribution in [3.8, 4) is 11.3 Å². The van der Waals surface area contributed by atoms with Crippen molar-refractivity contribution in [3.63, 3.8) is 0 Å². The predicted octanol–water partition coefficient (Wildman–Crippen LogP) is 3.55. The normalized spacial score (nSPS) is 15.6. The molecular weight excluding hydrogens is 331 g/mol. The third-order valence-corrected chi connectivity index (χ3v) is 5.00. The third kappa shape index (κ3) is 4.69. The topological polar surface area (TPSA) is 52.2 Å². The fourth-order valence-electron chi connectivity index (χ4n) is 3.51. The minimum absolute atomic E-state index is 0.0890. The zero-order valence-corrected chi connectivity index (χ0v) is 15.4. The molecule has 2 aromatic rings. The van der Waals surface area contributed by atoms with Crippen LogP contribution in [0.15, 0.2) is 30.5 Å². The standard InChI is InChI=1S/C20H27FN4O/c1-24(10-7-13-25-11-4-2-3-5-12-25)20(26)18-15-22-23-19(18)16-8-6-9-17(21)14-16/h6,8-9,14-15H,2-5,7,10-13H2,1H3,(H,22,23). The van der Waals surface area contributed by atoms with Crippen molar-refractivity contribution in [2.75, 3.05) is 33.2 Å². The zero-order valence-electron chi connectivity index (χ0n) is 15.4. The van der Waals surface area contributed by atoms with E-state index < -0.39 is 0 Å². The van der Waals surface area contributed by atoms with E-state index in [0.29, 0.717) is 23.4 Å². The molecule has 1 saturated heterocycles. The SMILES string of the molecule is CN(CCCN1CCCCCC1)C(=O)c1cn[nH]c1-c1cccc(F)c1. The lowest BCUT2D eigenvalue weighted by Gasteiger charge is -2.22. The lowest BCUT2D eigenvalue weighted by Crippen LogP contribution is -2.32. The maximum absolute atomic E-state index is 13.5. The number of likely N-dealkylation sites (tertiary alicyclic amines) is 1. The van der Waals surface area contributed by atoms with Gasteiger partial charge in [0.25, 0.3) is 5.91 Å². The molecule has 1 aliphatic rings. The molecule has 3 rings (SSSR count). The van der Waals surface area contributed by atoms with E-state index in [0.717, 1.165) is 13.0 Å². The molecule has 140 valence electrons. The molecule has 5 nitrogen and oxygen atoms in total. The first-order chi connectivity index (χ1) is 12.6. The Morgan fingerprint density at radius 3 is 2.77 bits per heavy atom. The lowest BCUT2D eigenvalue weighted by atomic mass is 10.1. The molecule has 6 heteroatoms. The fraction of sp³-hybridized carbons (Fsp3) is 0.500. The van der Waals surface area contributed by atoms with Crippen LogP contribution in [0, 0.1) is 5.82 Å². The van der Waals surface area contributed by atoms with Gasteiger partial charge in [0.2, 0.25) is 0 Å². The van der Waals surface area contributed by atoms with Crippen LogP contribution in [0.1, 0.15) is 42.5 Å². The molecule has 26 heavy (non-hydrogen) atoms. The number of aromatic nitrogens is 2. The summed E-state index contributed by atoms with van der Waals surface area (Å²) in [6.07, 6.45) is 7.70. The number of hydrogen-bond donors (Lipinski definition) is 1. The Kier molecular flexibility index (Phi) is 6.39. The molecule has 0 aliphatic carbocycles. The van der Waals surface area contributed by atoms with Gasteiger partial charge in [-0.3, -0.25) is 9.89 Å². The maximum atomic E-state index is 13.5. The van der Waals surface area contributed by atoms with Crippen molar-refractivity contribution in [3.05, 3.63) is 41.8 Å². The zero-order chi connectivity index (χ0) is 18.4. The predicted molar refractivity (Wildman–Crippen MR) is 100 cm³/mol. The van der Waals surface area contributed by atoms with E-state index in [1.54, 1.807) is 17.0 Å². The van der Waals surface area contributed by atoms with Gasteiger partial charge in [-0.25, -0.2) is 4.39 Å². The van der Waals surface area contributed by atoms with Crippen LogP contribution in [0.4, 0.5) is 4.39 Å². The molecule has 1 amide bonds. The van der Waals surface area contributed by atoms with Gasteiger partial charge in [0.05, 0.1) is 17.5 Å². The molecule has 0 bridgehead atoms. The van der Waals surface area contributed by atoms with E-state index in [1.165, 1.54) is 57.1 Å². The number of rotatable bonds is 6. The molecule has 0 atom stereocenters. The number of H-pyrrole nitrogens is 1. The largest absolute Gasteiger partial charge is 0.342 e. The van der Waals surface area contributed by atoms with Gasteiger partial charge in [-0.05, 0) is 51.0 Å². The van der Waals surface area contributed by atoms with Crippen molar-refractivity contribution in [2.24, 2.45) is 0 Å². The molecule has 0 spiro atoms. The van der Waals surface area contributed by atoms with Gasteiger partial charge < -0.3 is 9.80 Å². The van der Waals surface area contributed by atoms with Gasteiger partial charge in [0, 0.05) is 19.2 Å². The minimum atomic E-state index is -0.332. The van der Waals surface area contributed by atoms with Crippen LogP contribution in [-0.4, -0.2) is 59.1 Å². The number of nitrogens with zero attached hydrogens (tertiary/aromatic N) is 3. The first kappa shape index (κ1) is 18.6. The highest BCUT2D eigenvalue weighted by molar-refractivity contribution is 5.99. The van der Waals surface area contributed by atoms with Crippen molar-refractivity contribution >= 4 is 5.91 Å². The minimum Gasteiger partial charge on any atom is -0.342 e. The lowest BCUT2D eigenvalue weighted by molar-refractivity contribution is 0.0789. The summed E-state index contributed by atoms with van der Waals surface area (Å²) in [5.74, 6) is -0.421. The van der Waals surface area contributed by atoms with E-state index in [-0.39, 0.29) is 11.7 Å². The van der Waals surface area contributed by atoms with Crippen LogP contribution in [0.3, 0.4) is 0 Å². The second-order valence-corrected chi connectivity index (χ2v) is 7.01. The van der Waals surface area contributed by atoms with Gasteiger partial charge in [-0.2, -0.15) is 5.10 Å². The second kappa shape index (κ2) is 8.94. The van der Waals surface area contributed by atoms with Gasteiger partial charge in [0.1, 0.15) is 5.82 Å². The van der Waals surface area contributed by atoms with E-state index in [4.69, 9.17) is 0 Å². The van der Waals surface area contributed by atoms with Crippen molar-refractivity contribution in [1.29, 1.82) is 0 Å². The quantitative estimate of drug-likeness (QED) is 0.859. The molecule has 1 aromatic carbocycles. The first-order valence-corrected chi connectivity index (χ1v) is 9.42. The van der Waals surface area contributed by atoms with Crippen molar-refractivity contribution in [2.45, 2.75) is 32.1 Å². The van der Waals surface area contributed by atoms with Crippen LogP contribution in [0.25, 0.3) is 11.3 Å². The van der Waals surface area contributed by atoms with Crippen LogP contribution < -0.4 is 0 Å². The average molecular weight is 358 g/mol. The van der Waals surface area contributed by atoms with Crippen LogP contribution in [0.5, 0.6) is 0 Å². The van der Waals surface area contributed by atoms with E-state index in [9.17, 15) is 9.18 Å². The van der Waals surface area contributed by atoms with E-state index >= 15 is 0 Å². The van der Waals surface area contributed by atoms with Gasteiger partial charge in [-0.15, -0.1) is 0 Å². The van der Waals surface area contributed by atoms with Crippen molar-refractivity contribution < 1.29 is 9.18 Å². The Bertz CT molecular complexity index is 722. The monoisotopic (exact) mass is 358 g/mol. The number of hydrogen-bond acceptors (Lipinski definition) is 3. The molecule has 1 N–H and O–H groups in total. The Morgan fingerprint density at radius 2 is 2.04 bits per heavy atom. The fourth-order valence-corrected chi connectivity index (χ4v) is 3.51. The number of carbonyl (C=O) groups excluding carboxylic acids is 1. The highest BCUT2D eigenvalue weighted by atomic mass is 19.1. The molecule has 0 radical (unpaired) electrons. The van der Waals surface area contributed by atoms with Crippen LogP contribution in [0.2, 0.25) is 0 Å². The van der Waals surface area contributed by atoms with E-state index in [1.807, 2.05) is 7.05 Å². The first-order valence-electron chi connectivity index (χ1n) is 9.42. The summed E-state index contributed by atoms with van der Waals surface area (Å²) in [7, 11) is 1.81. The molecule has 2 heterocycles. The van der Waals surface area contributed by atoms with E-state index in [2.05, 4.69) is 15.1 Å².